The SMILES string of the molecule is CCn1ccnc1COc1ccc(Br)cc1[C@@H](C)O. The summed E-state index contributed by atoms with van der Waals surface area (Å²) in [5.74, 6) is 1.56. The van der Waals surface area contributed by atoms with Crippen molar-refractivity contribution >= 4 is 15.9 Å². The van der Waals surface area contributed by atoms with E-state index in [2.05, 4.69) is 27.8 Å². The first-order valence-corrected chi connectivity index (χ1v) is 7.01. The monoisotopic (exact) mass is 324 g/mol. The van der Waals surface area contributed by atoms with E-state index in [1.165, 1.54) is 0 Å². The van der Waals surface area contributed by atoms with Gasteiger partial charge in [0.05, 0.1) is 6.10 Å². The third-order valence-corrected chi connectivity index (χ3v) is 3.41. The molecule has 2 rings (SSSR count). The molecule has 0 radical (unpaired) electrons. The molecule has 19 heavy (non-hydrogen) atoms. The number of hydrogen-bond acceptors (Lipinski definition) is 3. The smallest absolute Gasteiger partial charge is 0.146 e. The molecule has 0 spiro atoms. The number of ether oxygens (including phenoxy) is 1. The number of aryl methyl sites for hydroxylation is 1. The van der Waals surface area contributed by atoms with Crippen molar-refractivity contribution in [2.75, 3.05) is 0 Å². The molecule has 4 nitrogen and oxygen atoms in total. The van der Waals surface area contributed by atoms with Gasteiger partial charge in [0.15, 0.2) is 0 Å². The van der Waals surface area contributed by atoms with Crippen LogP contribution in [0.25, 0.3) is 0 Å². The van der Waals surface area contributed by atoms with Gasteiger partial charge in [-0.2, -0.15) is 0 Å². The first-order chi connectivity index (χ1) is 9.11. The molecule has 0 saturated heterocycles. The Hall–Kier alpha value is -1.33. The van der Waals surface area contributed by atoms with Gasteiger partial charge in [-0.3, -0.25) is 0 Å². The maximum absolute atomic E-state index is 9.77. The van der Waals surface area contributed by atoms with Crippen molar-refractivity contribution in [1.82, 2.24) is 9.55 Å². The molecule has 1 heterocycles. The van der Waals surface area contributed by atoms with E-state index in [-0.39, 0.29) is 0 Å². The number of aliphatic hydroxyl groups excluding tert-OH is 1. The minimum absolute atomic E-state index is 0.391. The van der Waals surface area contributed by atoms with Gasteiger partial charge in [0.25, 0.3) is 0 Å². The summed E-state index contributed by atoms with van der Waals surface area (Å²) in [6, 6.07) is 5.62. The molecule has 0 unspecified atom stereocenters. The first kappa shape index (κ1) is 14.1. The van der Waals surface area contributed by atoms with Gasteiger partial charge in [-0.05, 0) is 32.0 Å². The molecule has 0 fully saturated rings. The van der Waals surface area contributed by atoms with E-state index in [0.717, 1.165) is 22.4 Å². The van der Waals surface area contributed by atoms with Crippen LogP contribution in [0.3, 0.4) is 0 Å². The van der Waals surface area contributed by atoms with Gasteiger partial charge in [-0.15, -0.1) is 0 Å². The van der Waals surface area contributed by atoms with Crippen molar-refractivity contribution in [2.24, 2.45) is 0 Å². The molecular formula is C14H17BrN2O2. The largest absolute Gasteiger partial charge is 0.485 e. The van der Waals surface area contributed by atoms with E-state index >= 15 is 0 Å². The highest BCUT2D eigenvalue weighted by Gasteiger charge is 2.11. The Morgan fingerprint density at radius 2 is 2.26 bits per heavy atom. The maximum atomic E-state index is 9.77. The van der Waals surface area contributed by atoms with Gasteiger partial charge in [0, 0.05) is 29.0 Å². The van der Waals surface area contributed by atoms with Crippen LogP contribution >= 0.6 is 15.9 Å². The Morgan fingerprint density at radius 3 is 2.95 bits per heavy atom. The van der Waals surface area contributed by atoms with E-state index in [4.69, 9.17) is 4.74 Å². The second-order valence-corrected chi connectivity index (χ2v) is 5.19. The molecule has 1 aromatic heterocycles. The number of hydrogen-bond donors (Lipinski definition) is 1. The molecule has 5 heteroatoms. The molecule has 2 aromatic rings. The molecule has 0 aliphatic heterocycles. The summed E-state index contributed by atoms with van der Waals surface area (Å²) >= 11 is 3.39. The van der Waals surface area contributed by atoms with Gasteiger partial charge in [0.1, 0.15) is 18.2 Å². The highest BCUT2D eigenvalue weighted by atomic mass is 79.9. The summed E-state index contributed by atoms with van der Waals surface area (Å²) in [6.07, 6.45) is 3.12. The molecule has 0 aliphatic rings. The van der Waals surface area contributed by atoms with Crippen molar-refractivity contribution in [2.45, 2.75) is 33.1 Å². The van der Waals surface area contributed by atoms with Crippen molar-refractivity contribution in [1.29, 1.82) is 0 Å². The van der Waals surface area contributed by atoms with Crippen LogP contribution in [-0.2, 0) is 13.2 Å². The standard InChI is InChI=1S/C14H17BrN2O2/c1-3-17-7-6-16-14(17)9-19-13-5-4-11(15)8-12(13)10(2)18/h4-8,10,18H,3,9H2,1-2H3/t10-/m1/s1. The summed E-state index contributed by atoms with van der Waals surface area (Å²) < 4.78 is 8.73. The Balaban J connectivity index is 2.15. The van der Waals surface area contributed by atoms with Crippen LogP contribution in [0, 0.1) is 0 Å². The molecule has 0 bridgehead atoms. The fourth-order valence-corrected chi connectivity index (χ4v) is 2.27. The van der Waals surface area contributed by atoms with Crippen molar-refractivity contribution in [3.8, 4) is 5.75 Å². The number of nitrogens with zero attached hydrogens (tertiary/aromatic N) is 2. The predicted octanol–water partition coefficient (Wildman–Crippen LogP) is 3.30. The molecule has 0 aliphatic carbocycles. The minimum atomic E-state index is -0.571. The van der Waals surface area contributed by atoms with Crippen molar-refractivity contribution in [3.05, 3.63) is 46.5 Å². The maximum Gasteiger partial charge on any atom is 0.146 e. The predicted molar refractivity (Wildman–Crippen MR) is 77.0 cm³/mol. The summed E-state index contributed by atoms with van der Waals surface area (Å²) in [6.45, 7) is 5.04. The minimum Gasteiger partial charge on any atom is -0.485 e. The molecule has 1 N–H and O–H groups in total. The average molecular weight is 325 g/mol. The lowest BCUT2D eigenvalue weighted by Crippen LogP contribution is -2.07. The Labute approximate surface area is 121 Å². The lowest BCUT2D eigenvalue weighted by Gasteiger charge is -2.14. The fourth-order valence-electron chi connectivity index (χ4n) is 1.89. The van der Waals surface area contributed by atoms with Crippen LogP contribution < -0.4 is 4.74 Å². The normalized spacial score (nSPS) is 12.4. The van der Waals surface area contributed by atoms with Gasteiger partial charge in [-0.1, -0.05) is 15.9 Å². The number of benzene rings is 1. The molecule has 102 valence electrons. The third-order valence-electron chi connectivity index (χ3n) is 2.92. The van der Waals surface area contributed by atoms with Crippen LogP contribution in [0.5, 0.6) is 5.75 Å². The van der Waals surface area contributed by atoms with E-state index in [1.807, 2.05) is 29.0 Å². The topological polar surface area (TPSA) is 47.3 Å². The zero-order valence-corrected chi connectivity index (χ0v) is 12.6. The summed E-state index contributed by atoms with van der Waals surface area (Å²) in [5, 5.41) is 9.77. The third kappa shape index (κ3) is 3.36. The molecule has 1 aromatic carbocycles. The van der Waals surface area contributed by atoms with Crippen molar-refractivity contribution < 1.29 is 9.84 Å². The van der Waals surface area contributed by atoms with Crippen LogP contribution in [0.4, 0.5) is 0 Å². The molecule has 1 atom stereocenters. The Bertz CT molecular complexity index is 552. The zero-order valence-electron chi connectivity index (χ0n) is 11.0. The molecule has 0 amide bonds. The lowest BCUT2D eigenvalue weighted by molar-refractivity contribution is 0.189. The number of aromatic nitrogens is 2. The fraction of sp³-hybridized carbons (Fsp3) is 0.357. The van der Waals surface area contributed by atoms with Crippen LogP contribution in [-0.4, -0.2) is 14.7 Å². The van der Waals surface area contributed by atoms with Crippen LogP contribution in [0.15, 0.2) is 35.1 Å². The van der Waals surface area contributed by atoms with E-state index < -0.39 is 6.10 Å². The van der Waals surface area contributed by atoms with E-state index in [9.17, 15) is 5.11 Å². The van der Waals surface area contributed by atoms with Gasteiger partial charge < -0.3 is 14.4 Å². The number of rotatable bonds is 5. The number of imidazole rings is 1. The first-order valence-electron chi connectivity index (χ1n) is 6.22. The zero-order chi connectivity index (χ0) is 13.8. The number of halogens is 1. The second-order valence-electron chi connectivity index (χ2n) is 4.28. The van der Waals surface area contributed by atoms with Crippen LogP contribution in [0.2, 0.25) is 0 Å². The second kappa shape index (κ2) is 6.21. The summed E-state index contributed by atoms with van der Waals surface area (Å²) in [4.78, 5) is 4.26. The lowest BCUT2D eigenvalue weighted by atomic mass is 10.1. The molecule has 0 saturated carbocycles. The van der Waals surface area contributed by atoms with E-state index in [1.54, 1.807) is 13.1 Å². The Kier molecular flexibility index (Phi) is 4.61. The quantitative estimate of drug-likeness (QED) is 0.917. The Morgan fingerprint density at radius 1 is 1.47 bits per heavy atom. The van der Waals surface area contributed by atoms with Gasteiger partial charge in [-0.25, -0.2) is 4.98 Å². The van der Waals surface area contributed by atoms with Crippen molar-refractivity contribution in [3.63, 3.8) is 0 Å². The summed E-state index contributed by atoms with van der Waals surface area (Å²) in [7, 11) is 0. The number of aliphatic hydroxyl groups is 1. The van der Waals surface area contributed by atoms with E-state index in [0.29, 0.717) is 12.4 Å². The average Bonchev–Trinajstić information content (AvgIpc) is 2.84. The molecular weight excluding hydrogens is 308 g/mol. The van der Waals surface area contributed by atoms with Crippen LogP contribution in [0.1, 0.15) is 31.3 Å². The van der Waals surface area contributed by atoms with Gasteiger partial charge >= 0.3 is 0 Å². The van der Waals surface area contributed by atoms with Gasteiger partial charge in [0.2, 0.25) is 0 Å². The highest BCUT2D eigenvalue weighted by Crippen LogP contribution is 2.29. The summed E-state index contributed by atoms with van der Waals surface area (Å²) in [5.41, 5.74) is 0.768. The highest BCUT2D eigenvalue weighted by molar-refractivity contribution is 9.10.